The van der Waals surface area contributed by atoms with Crippen molar-refractivity contribution < 1.29 is 0 Å². The van der Waals surface area contributed by atoms with E-state index in [0.29, 0.717) is 0 Å². The normalized spacial score (nSPS) is 23.3. The van der Waals surface area contributed by atoms with E-state index in [4.69, 9.17) is 0 Å². The van der Waals surface area contributed by atoms with E-state index in [1.54, 1.807) is 0 Å². The van der Waals surface area contributed by atoms with Crippen molar-refractivity contribution in [3.8, 4) is 0 Å². The topological polar surface area (TPSA) is 28.2 Å². The minimum atomic E-state index is 0.160. The zero-order chi connectivity index (χ0) is 11.3. The number of hydrogen-bond donors (Lipinski definition) is 1. The van der Waals surface area contributed by atoms with Gasteiger partial charge in [0, 0.05) is 35.9 Å². The van der Waals surface area contributed by atoms with E-state index in [9.17, 15) is 0 Å². The number of aromatic nitrogens is 1. The standard InChI is InChI=1S/C14H15N3/c1-2-6-14(5-1)16-10-13-12-3-7-15-9-11(12)4-8-17(13)14/h3-4,7-10,16H,1-2,5-6H2. The summed E-state index contributed by atoms with van der Waals surface area (Å²) in [5.74, 6) is 0. The number of fused-ring (bicyclic) bond motifs is 4. The van der Waals surface area contributed by atoms with Gasteiger partial charge in [0.05, 0.1) is 5.70 Å². The molecule has 2 aliphatic heterocycles. The molecule has 1 saturated carbocycles. The van der Waals surface area contributed by atoms with Gasteiger partial charge < -0.3 is 10.2 Å². The minimum Gasteiger partial charge on any atom is -0.367 e. The number of hydrogen-bond acceptors (Lipinski definition) is 3. The van der Waals surface area contributed by atoms with Gasteiger partial charge in [0.25, 0.3) is 0 Å². The summed E-state index contributed by atoms with van der Waals surface area (Å²) >= 11 is 0. The molecule has 0 saturated heterocycles. The van der Waals surface area contributed by atoms with Gasteiger partial charge in [-0.3, -0.25) is 4.98 Å². The molecule has 86 valence electrons. The van der Waals surface area contributed by atoms with E-state index in [0.717, 1.165) is 0 Å². The van der Waals surface area contributed by atoms with Gasteiger partial charge >= 0.3 is 0 Å². The molecule has 1 fully saturated rings. The molecular weight excluding hydrogens is 210 g/mol. The molecule has 1 spiro atoms. The largest absolute Gasteiger partial charge is 0.367 e. The lowest BCUT2D eigenvalue weighted by Gasteiger charge is -2.38. The summed E-state index contributed by atoms with van der Waals surface area (Å²) in [4.78, 5) is 6.60. The summed E-state index contributed by atoms with van der Waals surface area (Å²) in [5.41, 5.74) is 3.96. The van der Waals surface area contributed by atoms with Crippen molar-refractivity contribution in [2.75, 3.05) is 0 Å². The Morgan fingerprint density at radius 3 is 3.06 bits per heavy atom. The maximum absolute atomic E-state index is 4.18. The predicted octanol–water partition coefficient (Wildman–Crippen LogP) is 2.54. The summed E-state index contributed by atoms with van der Waals surface area (Å²) in [6, 6.07) is 2.10. The van der Waals surface area contributed by atoms with Crippen molar-refractivity contribution in [2.45, 2.75) is 31.3 Å². The molecule has 17 heavy (non-hydrogen) atoms. The summed E-state index contributed by atoms with van der Waals surface area (Å²) in [5, 5.41) is 3.61. The Kier molecular flexibility index (Phi) is 1.71. The van der Waals surface area contributed by atoms with Crippen LogP contribution >= 0.6 is 0 Å². The highest BCUT2D eigenvalue weighted by Crippen LogP contribution is 2.44. The lowest BCUT2D eigenvalue weighted by molar-refractivity contribution is 0.214. The van der Waals surface area contributed by atoms with Crippen molar-refractivity contribution in [3.05, 3.63) is 42.0 Å². The summed E-state index contributed by atoms with van der Waals surface area (Å²) < 4.78 is 0. The van der Waals surface area contributed by atoms with Gasteiger partial charge in [0.15, 0.2) is 0 Å². The van der Waals surface area contributed by atoms with Crippen LogP contribution in [-0.4, -0.2) is 15.5 Å². The number of nitrogens with zero attached hydrogens (tertiary/aromatic N) is 2. The van der Waals surface area contributed by atoms with E-state index >= 15 is 0 Å². The van der Waals surface area contributed by atoms with E-state index in [1.165, 1.54) is 42.5 Å². The van der Waals surface area contributed by atoms with E-state index < -0.39 is 0 Å². The van der Waals surface area contributed by atoms with Gasteiger partial charge in [0.1, 0.15) is 5.66 Å². The Hall–Kier alpha value is -1.77. The quantitative estimate of drug-likeness (QED) is 0.735. The number of rotatable bonds is 0. The molecule has 1 aromatic heterocycles. The first-order valence-corrected chi connectivity index (χ1v) is 6.29. The van der Waals surface area contributed by atoms with Crippen LogP contribution < -0.4 is 5.32 Å². The van der Waals surface area contributed by atoms with Crippen molar-refractivity contribution in [3.63, 3.8) is 0 Å². The van der Waals surface area contributed by atoms with Crippen molar-refractivity contribution in [2.24, 2.45) is 0 Å². The van der Waals surface area contributed by atoms with Crippen molar-refractivity contribution in [1.82, 2.24) is 15.2 Å². The van der Waals surface area contributed by atoms with Crippen LogP contribution in [-0.2, 0) is 0 Å². The highest BCUT2D eigenvalue weighted by Gasteiger charge is 2.44. The second kappa shape index (κ2) is 3.13. The van der Waals surface area contributed by atoms with Crippen LogP contribution in [0.2, 0.25) is 0 Å². The first-order chi connectivity index (χ1) is 8.39. The molecule has 0 atom stereocenters. The van der Waals surface area contributed by atoms with Crippen LogP contribution in [0, 0.1) is 0 Å². The summed E-state index contributed by atoms with van der Waals surface area (Å²) in [6.45, 7) is 0. The zero-order valence-corrected chi connectivity index (χ0v) is 9.69. The maximum Gasteiger partial charge on any atom is 0.114 e. The molecule has 4 rings (SSSR count). The third kappa shape index (κ3) is 1.14. The molecule has 1 N–H and O–H groups in total. The molecule has 3 nitrogen and oxygen atoms in total. The Labute approximate surface area is 101 Å². The third-order valence-electron chi connectivity index (χ3n) is 4.16. The average Bonchev–Trinajstić information content (AvgIpc) is 2.99. The molecular formula is C14H15N3. The van der Waals surface area contributed by atoms with Gasteiger partial charge in [-0.05, 0) is 37.8 Å². The number of pyridine rings is 1. The Morgan fingerprint density at radius 2 is 2.18 bits per heavy atom. The molecule has 0 amide bonds. The van der Waals surface area contributed by atoms with Crippen molar-refractivity contribution >= 4 is 11.8 Å². The molecule has 1 aliphatic carbocycles. The molecule has 0 unspecified atom stereocenters. The Morgan fingerprint density at radius 1 is 1.29 bits per heavy atom. The highest BCUT2D eigenvalue weighted by molar-refractivity contribution is 5.78. The summed E-state index contributed by atoms with van der Waals surface area (Å²) in [6.07, 6.45) is 15.5. The van der Waals surface area contributed by atoms with Crippen LogP contribution in [0.1, 0.15) is 36.8 Å². The first-order valence-electron chi connectivity index (χ1n) is 6.29. The van der Waals surface area contributed by atoms with Gasteiger partial charge in [-0.1, -0.05) is 0 Å². The second-order valence-corrected chi connectivity index (χ2v) is 5.06. The second-order valence-electron chi connectivity index (χ2n) is 5.06. The molecule has 1 aromatic rings. The first kappa shape index (κ1) is 9.28. The van der Waals surface area contributed by atoms with Gasteiger partial charge in [-0.15, -0.1) is 0 Å². The zero-order valence-electron chi connectivity index (χ0n) is 9.69. The van der Waals surface area contributed by atoms with Crippen molar-refractivity contribution in [1.29, 1.82) is 0 Å². The lowest BCUT2D eigenvalue weighted by Crippen LogP contribution is -2.47. The maximum atomic E-state index is 4.18. The molecule has 0 bridgehead atoms. The molecule has 3 heteroatoms. The van der Waals surface area contributed by atoms with Crippen LogP contribution in [0.4, 0.5) is 0 Å². The minimum absolute atomic E-state index is 0.160. The number of nitrogens with one attached hydrogen (secondary N) is 1. The third-order valence-corrected chi connectivity index (χ3v) is 4.16. The van der Waals surface area contributed by atoms with Gasteiger partial charge in [-0.25, -0.2) is 0 Å². The lowest BCUT2D eigenvalue weighted by atomic mass is 10.0. The van der Waals surface area contributed by atoms with Crippen LogP contribution in [0.3, 0.4) is 0 Å². The van der Waals surface area contributed by atoms with Crippen LogP contribution in [0.15, 0.2) is 30.9 Å². The fourth-order valence-electron chi connectivity index (χ4n) is 3.28. The molecule has 3 aliphatic rings. The Bertz CT molecular complexity index is 524. The summed E-state index contributed by atoms with van der Waals surface area (Å²) in [7, 11) is 0. The van der Waals surface area contributed by atoms with E-state index in [1.807, 2.05) is 12.4 Å². The Balaban J connectivity index is 1.82. The van der Waals surface area contributed by atoms with E-state index in [-0.39, 0.29) is 5.66 Å². The fraction of sp³-hybridized carbons (Fsp3) is 0.357. The molecule has 0 radical (unpaired) electrons. The fourth-order valence-corrected chi connectivity index (χ4v) is 3.28. The smallest absolute Gasteiger partial charge is 0.114 e. The SMILES string of the molecule is C1=CN2C(=CNC23CCCC3)c2ccncc21. The van der Waals surface area contributed by atoms with Crippen LogP contribution in [0.25, 0.3) is 11.8 Å². The average molecular weight is 225 g/mol. The monoisotopic (exact) mass is 225 g/mol. The van der Waals surface area contributed by atoms with Crippen LogP contribution in [0.5, 0.6) is 0 Å². The van der Waals surface area contributed by atoms with E-state index in [2.05, 4.69) is 39.7 Å². The molecule has 0 aromatic carbocycles. The van der Waals surface area contributed by atoms with Gasteiger partial charge in [0.2, 0.25) is 0 Å². The highest BCUT2D eigenvalue weighted by atomic mass is 15.4. The predicted molar refractivity (Wildman–Crippen MR) is 67.4 cm³/mol. The van der Waals surface area contributed by atoms with Gasteiger partial charge in [-0.2, -0.15) is 0 Å². The molecule has 3 heterocycles.